The molecular weight excluding hydrogens is 258 g/mol. The van der Waals surface area contributed by atoms with Gasteiger partial charge in [-0.25, -0.2) is 0 Å². The summed E-state index contributed by atoms with van der Waals surface area (Å²) in [6, 6.07) is 14.8. The minimum atomic E-state index is 0.220. The summed E-state index contributed by atoms with van der Waals surface area (Å²) in [6.07, 6.45) is 5.12. The number of hydrogen-bond acceptors (Lipinski definition) is 1. The van der Waals surface area contributed by atoms with E-state index in [1.54, 1.807) is 0 Å². The fourth-order valence-electron chi connectivity index (χ4n) is 3.60. The van der Waals surface area contributed by atoms with Gasteiger partial charge in [0.05, 0.1) is 6.42 Å². The highest BCUT2D eigenvalue weighted by molar-refractivity contribution is 5.96. The van der Waals surface area contributed by atoms with Crippen LogP contribution in [0.1, 0.15) is 28.7 Å². The molecule has 0 atom stereocenters. The molecule has 21 heavy (non-hydrogen) atoms. The number of anilines is 1. The second kappa shape index (κ2) is 5.03. The highest BCUT2D eigenvalue weighted by atomic mass is 16.2. The lowest BCUT2D eigenvalue weighted by molar-refractivity contribution is -0.117. The zero-order valence-corrected chi connectivity index (χ0v) is 12.1. The van der Waals surface area contributed by atoms with Crippen LogP contribution in [0.3, 0.4) is 0 Å². The fraction of sp³-hybridized carbons (Fsp3) is 0.316. The van der Waals surface area contributed by atoms with E-state index in [9.17, 15) is 4.79 Å². The molecular formula is C19H19NO. The van der Waals surface area contributed by atoms with E-state index < -0.39 is 0 Å². The Morgan fingerprint density at radius 3 is 2.76 bits per heavy atom. The van der Waals surface area contributed by atoms with Crippen molar-refractivity contribution in [1.82, 2.24) is 0 Å². The molecule has 0 bridgehead atoms. The Morgan fingerprint density at radius 2 is 1.81 bits per heavy atom. The lowest BCUT2D eigenvalue weighted by Gasteiger charge is -2.17. The molecule has 0 unspecified atom stereocenters. The number of carbonyl (C=O) groups is 1. The molecule has 2 aliphatic rings. The molecule has 0 N–H and O–H groups in total. The minimum Gasteiger partial charge on any atom is -0.312 e. The zero-order chi connectivity index (χ0) is 14.2. The van der Waals surface area contributed by atoms with Crippen LogP contribution in [0, 0.1) is 0 Å². The highest BCUT2D eigenvalue weighted by Gasteiger charge is 2.24. The van der Waals surface area contributed by atoms with Crippen molar-refractivity contribution < 1.29 is 4.79 Å². The molecule has 1 aliphatic carbocycles. The molecule has 0 fully saturated rings. The molecule has 0 saturated carbocycles. The molecule has 0 saturated heterocycles. The Labute approximate surface area is 125 Å². The van der Waals surface area contributed by atoms with Crippen molar-refractivity contribution in [1.29, 1.82) is 0 Å². The number of hydrogen-bond donors (Lipinski definition) is 0. The third-order valence-electron chi connectivity index (χ3n) is 4.71. The van der Waals surface area contributed by atoms with Crippen molar-refractivity contribution >= 4 is 11.6 Å². The summed E-state index contributed by atoms with van der Waals surface area (Å²) in [6.45, 7) is 0.823. The summed E-state index contributed by atoms with van der Waals surface area (Å²) in [4.78, 5) is 14.6. The first kappa shape index (κ1) is 12.6. The van der Waals surface area contributed by atoms with Crippen molar-refractivity contribution in [2.24, 2.45) is 0 Å². The molecule has 1 heterocycles. The van der Waals surface area contributed by atoms with Crippen LogP contribution in [0.4, 0.5) is 5.69 Å². The van der Waals surface area contributed by atoms with Crippen molar-refractivity contribution in [2.45, 2.75) is 32.1 Å². The maximum atomic E-state index is 12.6. The van der Waals surface area contributed by atoms with Crippen LogP contribution in [-0.4, -0.2) is 12.5 Å². The molecule has 0 radical (unpaired) electrons. The Balaban J connectivity index is 1.54. The Morgan fingerprint density at radius 1 is 0.952 bits per heavy atom. The van der Waals surface area contributed by atoms with Crippen LogP contribution >= 0.6 is 0 Å². The average molecular weight is 277 g/mol. The molecule has 1 amide bonds. The zero-order valence-electron chi connectivity index (χ0n) is 12.1. The van der Waals surface area contributed by atoms with Gasteiger partial charge in [-0.2, -0.15) is 0 Å². The molecule has 2 heteroatoms. The van der Waals surface area contributed by atoms with Gasteiger partial charge in [0, 0.05) is 12.2 Å². The van der Waals surface area contributed by atoms with Crippen molar-refractivity contribution in [2.75, 3.05) is 11.4 Å². The summed E-state index contributed by atoms with van der Waals surface area (Å²) in [5.41, 5.74) is 6.47. The van der Waals surface area contributed by atoms with Crippen LogP contribution in [0.15, 0.2) is 42.5 Å². The van der Waals surface area contributed by atoms with Crippen molar-refractivity contribution in [3.05, 3.63) is 64.7 Å². The minimum absolute atomic E-state index is 0.220. The molecule has 2 nitrogen and oxygen atoms in total. The average Bonchev–Trinajstić information content (AvgIpc) is 3.13. The number of para-hydroxylation sites is 1. The predicted molar refractivity (Wildman–Crippen MR) is 84.7 cm³/mol. The summed E-state index contributed by atoms with van der Waals surface area (Å²) in [5, 5.41) is 0. The van der Waals surface area contributed by atoms with Crippen LogP contribution in [-0.2, 0) is 30.5 Å². The quantitative estimate of drug-likeness (QED) is 0.824. The van der Waals surface area contributed by atoms with Gasteiger partial charge in [0.1, 0.15) is 0 Å². The first-order valence-corrected chi connectivity index (χ1v) is 7.80. The van der Waals surface area contributed by atoms with E-state index >= 15 is 0 Å². The molecule has 2 aromatic carbocycles. The molecule has 2 aromatic rings. The van der Waals surface area contributed by atoms with E-state index in [1.807, 2.05) is 17.0 Å². The highest BCUT2D eigenvalue weighted by Crippen LogP contribution is 2.28. The second-order valence-electron chi connectivity index (χ2n) is 6.06. The van der Waals surface area contributed by atoms with Crippen molar-refractivity contribution in [3.8, 4) is 0 Å². The van der Waals surface area contributed by atoms with E-state index in [0.717, 1.165) is 24.2 Å². The normalized spacial score (nSPS) is 15.9. The van der Waals surface area contributed by atoms with Gasteiger partial charge < -0.3 is 4.90 Å². The topological polar surface area (TPSA) is 20.3 Å². The maximum absolute atomic E-state index is 12.6. The molecule has 0 aromatic heterocycles. The monoisotopic (exact) mass is 277 g/mol. The molecule has 4 rings (SSSR count). The largest absolute Gasteiger partial charge is 0.312 e. The number of nitrogens with zero attached hydrogens (tertiary/aromatic N) is 1. The number of amides is 1. The number of fused-ring (bicyclic) bond motifs is 2. The van der Waals surface area contributed by atoms with Gasteiger partial charge in [-0.05, 0) is 54.0 Å². The summed E-state index contributed by atoms with van der Waals surface area (Å²) < 4.78 is 0. The standard InChI is InChI=1S/C19H19NO/c21-19(20-11-10-16-4-1-2-7-18(16)20)13-14-8-9-15-5-3-6-17(15)12-14/h1-2,4,7-9,12H,3,5-6,10-11,13H2. The first-order valence-electron chi connectivity index (χ1n) is 7.80. The Kier molecular flexibility index (Phi) is 3.03. The third kappa shape index (κ3) is 2.25. The molecule has 1 aliphatic heterocycles. The van der Waals surface area contributed by atoms with Crippen LogP contribution < -0.4 is 4.90 Å². The summed E-state index contributed by atoms with van der Waals surface area (Å²) in [7, 11) is 0. The van der Waals surface area contributed by atoms with E-state index in [2.05, 4.69) is 30.3 Å². The van der Waals surface area contributed by atoms with E-state index in [4.69, 9.17) is 0 Å². The van der Waals surface area contributed by atoms with Gasteiger partial charge in [-0.1, -0.05) is 36.4 Å². The molecule has 106 valence electrons. The van der Waals surface area contributed by atoms with Crippen LogP contribution in [0.25, 0.3) is 0 Å². The number of benzene rings is 2. The van der Waals surface area contributed by atoms with Gasteiger partial charge in [-0.15, -0.1) is 0 Å². The van der Waals surface area contributed by atoms with E-state index in [0.29, 0.717) is 6.42 Å². The van der Waals surface area contributed by atoms with Gasteiger partial charge in [0.2, 0.25) is 5.91 Å². The predicted octanol–water partition coefficient (Wildman–Crippen LogP) is 3.31. The van der Waals surface area contributed by atoms with Gasteiger partial charge in [-0.3, -0.25) is 4.79 Å². The Hall–Kier alpha value is -2.09. The SMILES string of the molecule is O=C(Cc1ccc2c(c1)CCC2)N1CCc2ccccc21. The Bertz CT molecular complexity index is 704. The fourth-order valence-corrected chi connectivity index (χ4v) is 3.60. The van der Waals surface area contributed by atoms with Gasteiger partial charge >= 0.3 is 0 Å². The number of aryl methyl sites for hydroxylation is 2. The van der Waals surface area contributed by atoms with Crippen LogP contribution in [0.5, 0.6) is 0 Å². The van der Waals surface area contributed by atoms with Crippen molar-refractivity contribution in [3.63, 3.8) is 0 Å². The van der Waals surface area contributed by atoms with Crippen LogP contribution in [0.2, 0.25) is 0 Å². The van der Waals surface area contributed by atoms with E-state index in [1.165, 1.54) is 36.0 Å². The lowest BCUT2D eigenvalue weighted by atomic mass is 10.0. The maximum Gasteiger partial charge on any atom is 0.231 e. The summed E-state index contributed by atoms with van der Waals surface area (Å²) in [5.74, 6) is 0.220. The summed E-state index contributed by atoms with van der Waals surface area (Å²) >= 11 is 0. The smallest absolute Gasteiger partial charge is 0.231 e. The number of rotatable bonds is 2. The third-order valence-corrected chi connectivity index (χ3v) is 4.71. The second-order valence-corrected chi connectivity index (χ2v) is 6.06. The lowest BCUT2D eigenvalue weighted by Crippen LogP contribution is -2.30. The molecule has 0 spiro atoms. The van der Waals surface area contributed by atoms with E-state index in [-0.39, 0.29) is 5.91 Å². The number of carbonyl (C=O) groups excluding carboxylic acids is 1. The first-order chi connectivity index (χ1) is 10.3. The van der Waals surface area contributed by atoms with Gasteiger partial charge in [0.15, 0.2) is 0 Å². The van der Waals surface area contributed by atoms with Gasteiger partial charge in [0.25, 0.3) is 0 Å².